The molecule has 1 N–H and O–H groups in total. The molecule has 0 spiro atoms. The van der Waals surface area contributed by atoms with Crippen LogP contribution < -0.4 is 4.74 Å². The number of nitrogens with zero attached hydrogens (tertiary/aromatic N) is 2. The molecule has 0 radical (unpaired) electrons. The van der Waals surface area contributed by atoms with Crippen molar-refractivity contribution in [3.8, 4) is 5.75 Å². The van der Waals surface area contributed by atoms with Crippen molar-refractivity contribution in [1.82, 2.24) is 14.9 Å². The summed E-state index contributed by atoms with van der Waals surface area (Å²) < 4.78 is 10.3. The molecule has 1 atom stereocenters. The van der Waals surface area contributed by atoms with E-state index in [1.807, 2.05) is 18.2 Å². The quantitative estimate of drug-likeness (QED) is 0.615. The van der Waals surface area contributed by atoms with Crippen LogP contribution in [0.3, 0.4) is 0 Å². The number of thioether (sulfide) groups is 1. The summed E-state index contributed by atoms with van der Waals surface area (Å²) in [6.07, 6.45) is 2.52. The number of likely N-dealkylation sites (tertiary alicyclic amines) is 1. The molecule has 8 heteroatoms. The first-order chi connectivity index (χ1) is 12.6. The largest absolute Gasteiger partial charge is 0.497 e. The van der Waals surface area contributed by atoms with Crippen LogP contribution in [0, 0.1) is 0 Å². The molecule has 1 amide bonds. The highest BCUT2D eigenvalue weighted by atomic mass is 32.2. The zero-order valence-electron chi connectivity index (χ0n) is 15.0. The topological polar surface area (TPSA) is 84.5 Å². The summed E-state index contributed by atoms with van der Waals surface area (Å²) in [5, 5.41) is 0.672. The molecule has 2 aromatic rings. The van der Waals surface area contributed by atoms with Crippen LogP contribution in [0.15, 0.2) is 23.4 Å². The number of esters is 1. The van der Waals surface area contributed by atoms with Gasteiger partial charge in [0.1, 0.15) is 11.8 Å². The van der Waals surface area contributed by atoms with Crippen molar-refractivity contribution in [3.63, 3.8) is 0 Å². The van der Waals surface area contributed by atoms with Crippen molar-refractivity contribution in [2.45, 2.75) is 37.4 Å². The number of piperidine rings is 1. The van der Waals surface area contributed by atoms with E-state index in [4.69, 9.17) is 9.47 Å². The van der Waals surface area contributed by atoms with Crippen LogP contribution >= 0.6 is 11.8 Å². The minimum Gasteiger partial charge on any atom is -0.497 e. The van der Waals surface area contributed by atoms with Crippen LogP contribution in [0.1, 0.15) is 26.2 Å². The number of hydrogen-bond donors (Lipinski definition) is 1. The molecular formula is C18H23N3O4S. The number of amides is 1. The van der Waals surface area contributed by atoms with Crippen molar-refractivity contribution in [1.29, 1.82) is 0 Å². The maximum atomic E-state index is 12.6. The van der Waals surface area contributed by atoms with Crippen LogP contribution in [-0.2, 0) is 14.3 Å². The molecule has 0 saturated carbocycles. The lowest BCUT2D eigenvalue weighted by molar-refractivity contribution is -0.155. The number of aromatic amines is 1. The summed E-state index contributed by atoms with van der Waals surface area (Å²) in [5.41, 5.74) is 1.68. The zero-order chi connectivity index (χ0) is 18.5. The predicted octanol–water partition coefficient (Wildman–Crippen LogP) is 2.61. The van der Waals surface area contributed by atoms with Gasteiger partial charge in [0.2, 0.25) is 5.91 Å². The van der Waals surface area contributed by atoms with Gasteiger partial charge >= 0.3 is 5.97 Å². The first kappa shape index (κ1) is 18.6. The summed E-state index contributed by atoms with van der Waals surface area (Å²) >= 11 is 1.34. The van der Waals surface area contributed by atoms with E-state index in [2.05, 4.69) is 9.97 Å². The van der Waals surface area contributed by atoms with Gasteiger partial charge in [-0.25, -0.2) is 9.78 Å². The summed E-state index contributed by atoms with van der Waals surface area (Å²) in [7, 11) is 1.62. The fraction of sp³-hybridized carbons (Fsp3) is 0.500. The van der Waals surface area contributed by atoms with Gasteiger partial charge in [-0.2, -0.15) is 0 Å². The van der Waals surface area contributed by atoms with E-state index in [1.165, 1.54) is 11.8 Å². The lowest BCUT2D eigenvalue weighted by atomic mass is 10.0. The third-order valence-corrected chi connectivity index (χ3v) is 5.24. The molecule has 7 nitrogen and oxygen atoms in total. The number of hydrogen-bond acceptors (Lipinski definition) is 6. The number of nitrogens with one attached hydrogen (secondary N) is 1. The molecule has 1 aromatic carbocycles. The maximum absolute atomic E-state index is 12.6. The molecule has 0 aliphatic carbocycles. The monoisotopic (exact) mass is 377 g/mol. The minimum atomic E-state index is -0.461. The first-order valence-electron chi connectivity index (χ1n) is 8.75. The first-order valence-corrected chi connectivity index (χ1v) is 9.73. The maximum Gasteiger partial charge on any atom is 0.328 e. The van der Waals surface area contributed by atoms with Crippen molar-refractivity contribution < 1.29 is 19.1 Å². The highest BCUT2D eigenvalue weighted by Crippen LogP contribution is 2.25. The molecular weight excluding hydrogens is 354 g/mol. The van der Waals surface area contributed by atoms with Crippen LogP contribution in [0.4, 0.5) is 0 Å². The Kier molecular flexibility index (Phi) is 6.03. The van der Waals surface area contributed by atoms with E-state index in [1.54, 1.807) is 18.9 Å². The third-order valence-electron chi connectivity index (χ3n) is 4.38. The second-order valence-corrected chi connectivity index (χ2v) is 7.03. The number of ether oxygens (including phenoxy) is 2. The molecule has 2 heterocycles. The van der Waals surface area contributed by atoms with E-state index < -0.39 is 6.04 Å². The van der Waals surface area contributed by atoms with Crippen LogP contribution in [0.25, 0.3) is 11.0 Å². The number of carbonyl (C=O) groups excluding carboxylic acids is 2. The summed E-state index contributed by atoms with van der Waals surface area (Å²) in [5.74, 6) is 0.610. The second kappa shape index (κ2) is 8.44. The smallest absolute Gasteiger partial charge is 0.328 e. The molecule has 1 aromatic heterocycles. The molecule has 0 bridgehead atoms. The average Bonchev–Trinajstić information content (AvgIpc) is 3.08. The number of fused-ring (bicyclic) bond motifs is 1. The predicted molar refractivity (Wildman–Crippen MR) is 99.4 cm³/mol. The minimum absolute atomic E-state index is 0.0641. The number of aromatic nitrogens is 2. The van der Waals surface area contributed by atoms with Gasteiger partial charge in [0, 0.05) is 12.6 Å². The number of imidazole rings is 1. The lowest BCUT2D eigenvalue weighted by Crippen LogP contribution is -2.49. The number of benzene rings is 1. The Morgan fingerprint density at radius 3 is 3.00 bits per heavy atom. The van der Waals surface area contributed by atoms with Crippen LogP contribution in [-0.4, -0.2) is 58.8 Å². The Morgan fingerprint density at radius 1 is 1.38 bits per heavy atom. The molecule has 26 heavy (non-hydrogen) atoms. The fourth-order valence-corrected chi connectivity index (χ4v) is 3.86. The highest BCUT2D eigenvalue weighted by Gasteiger charge is 2.33. The second-order valence-electron chi connectivity index (χ2n) is 6.06. The van der Waals surface area contributed by atoms with Gasteiger partial charge in [0.25, 0.3) is 0 Å². The Balaban J connectivity index is 1.64. The molecule has 3 rings (SSSR count). The van der Waals surface area contributed by atoms with Gasteiger partial charge in [-0.3, -0.25) is 4.79 Å². The number of methoxy groups -OCH3 is 1. The molecule has 0 unspecified atom stereocenters. The Bertz CT molecular complexity index is 792. The standard InChI is InChI=1S/C18H23N3O4S/c1-3-25-17(23)15-6-4-5-9-21(15)16(22)11-26-18-19-13-8-7-12(24-2)10-14(13)20-18/h7-8,10,15H,3-6,9,11H2,1-2H3,(H,19,20)/t15-/m0/s1. The Morgan fingerprint density at radius 2 is 2.23 bits per heavy atom. The van der Waals surface area contributed by atoms with Gasteiger partial charge in [-0.15, -0.1) is 0 Å². The molecule has 1 aliphatic heterocycles. The number of rotatable bonds is 6. The lowest BCUT2D eigenvalue weighted by Gasteiger charge is -2.33. The van der Waals surface area contributed by atoms with Crippen molar-refractivity contribution in [2.75, 3.05) is 26.0 Å². The van der Waals surface area contributed by atoms with Gasteiger partial charge in [-0.1, -0.05) is 11.8 Å². The Hall–Kier alpha value is -2.22. The molecule has 140 valence electrons. The molecule has 1 fully saturated rings. The third kappa shape index (κ3) is 4.12. The van der Waals surface area contributed by atoms with Gasteiger partial charge in [-0.05, 0) is 38.3 Å². The van der Waals surface area contributed by atoms with E-state index in [-0.39, 0.29) is 17.6 Å². The van der Waals surface area contributed by atoms with Crippen molar-refractivity contribution in [3.05, 3.63) is 18.2 Å². The van der Waals surface area contributed by atoms with Crippen LogP contribution in [0.2, 0.25) is 0 Å². The van der Waals surface area contributed by atoms with Gasteiger partial charge in [0.05, 0.1) is 30.5 Å². The average molecular weight is 377 g/mol. The van der Waals surface area contributed by atoms with Gasteiger partial charge < -0.3 is 19.4 Å². The molecule has 1 saturated heterocycles. The number of carbonyl (C=O) groups is 2. The summed E-state index contributed by atoms with van der Waals surface area (Å²) in [4.78, 5) is 34.1. The molecule has 1 aliphatic rings. The van der Waals surface area contributed by atoms with Crippen LogP contribution in [0.5, 0.6) is 5.75 Å². The zero-order valence-corrected chi connectivity index (χ0v) is 15.8. The van der Waals surface area contributed by atoms with E-state index in [0.717, 1.165) is 29.6 Å². The fourth-order valence-electron chi connectivity index (χ4n) is 3.09. The van der Waals surface area contributed by atoms with Crippen molar-refractivity contribution >= 4 is 34.7 Å². The van der Waals surface area contributed by atoms with E-state index in [0.29, 0.717) is 24.7 Å². The normalized spacial score (nSPS) is 17.3. The van der Waals surface area contributed by atoms with Crippen molar-refractivity contribution in [2.24, 2.45) is 0 Å². The Labute approximate surface area is 156 Å². The SMILES string of the molecule is CCOC(=O)[C@@H]1CCCCN1C(=O)CSc1nc2ccc(OC)cc2[nH]1. The summed E-state index contributed by atoms with van der Waals surface area (Å²) in [6, 6.07) is 5.13. The van der Waals surface area contributed by atoms with E-state index >= 15 is 0 Å². The highest BCUT2D eigenvalue weighted by molar-refractivity contribution is 7.99. The van der Waals surface area contributed by atoms with E-state index in [9.17, 15) is 9.59 Å². The summed E-state index contributed by atoms with van der Waals surface area (Å²) in [6.45, 7) is 2.70. The number of H-pyrrole nitrogens is 1. The van der Waals surface area contributed by atoms with Gasteiger partial charge in [0.15, 0.2) is 5.16 Å².